The van der Waals surface area contributed by atoms with Gasteiger partial charge in [-0.25, -0.2) is 0 Å². The van der Waals surface area contributed by atoms with E-state index in [4.69, 9.17) is 18.9 Å². The highest BCUT2D eigenvalue weighted by atomic mass is 16.6. The third-order valence-corrected chi connectivity index (χ3v) is 3.72. The lowest BCUT2D eigenvalue weighted by Crippen LogP contribution is -2.29. The molecule has 2 atom stereocenters. The van der Waals surface area contributed by atoms with Gasteiger partial charge >= 0.3 is 0 Å². The highest BCUT2D eigenvalue weighted by molar-refractivity contribution is 4.84. The minimum Gasteiger partial charge on any atom is -0.385 e. The van der Waals surface area contributed by atoms with Gasteiger partial charge in [0.15, 0.2) is 0 Å². The fourth-order valence-electron chi connectivity index (χ4n) is 2.38. The molecule has 0 radical (unpaired) electrons. The summed E-state index contributed by atoms with van der Waals surface area (Å²) in [6, 6.07) is 0.768. The molecule has 0 spiro atoms. The van der Waals surface area contributed by atoms with Gasteiger partial charge in [-0.1, -0.05) is 0 Å². The summed E-state index contributed by atoms with van der Waals surface area (Å²) in [5.74, 6) is 0. The maximum atomic E-state index is 5.95. The van der Waals surface area contributed by atoms with Crippen LogP contribution in [0.25, 0.3) is 0 Å². The molecule has 1 N–H and O–H groups in total. The van der Waals surface area contributed by atoms with Crippen molar-refractivity contribution < 1.29 is 18.9 Å². The second-order valence-electron chi connectivity index (χ2n) is 5.67. The molecule has 118 valence electrons. The first-order valence-corrected chi connectivity index (χ1v) is 7.91. The quantitative estimate of drug-likeness (QED) is 0.549. The van der Waals surface area contributed by atoms with E-state index in [1.165, 1.54) is 12.8 Å². The second kappa shape index (κ2) is 9.68. The third-order valence-electron chi connectivity index (χ3n) is 3.72. The molecule has 2 fully saturated rings. The van der Waals surface area contributed by atoms with Gasteiger partial charge in [0.25, 0.3) is 0 Å². The fraction of sp³-hybridized carbons (Fsp3) is 1.00. The Bertz CT molecular complexity index is 248. The molecule has 1 saturated carbocycles. The number of hydrogen-bond donors (Lipinski definition) is 1. The van der Waals surface area contributed by atoms with Gasteiger partial charge < -0.3 is 24.3 Å². The molecular formula is C15H29NO4. The molecule has 5 heteroatoms. The van der Waals surface area contributed by atoms with E-state index in [0.29, 0.717) is 25.9 Å². The zero-order valence-corrected chi connectivity index (χ0v) is 12.6. The SMILES string of the molecule is COCCCOCCOCC1CCC(CNC2CC2)O1. The van der Waals surface area contributed by atoms with E-state index < -0.39 is 0 Å². The third kappa shape index (κ3) is 6.99. The summed E-state index contributed by atoms with van der Waals surface area (Å²) in [6.45, 7) is 4.51. The van der Waals surface area contributed by atoms with E-state index in [2.05, 4.69) is 5.32 Å². The minimum absolute atomic E-state index is 0.273. The molecule has 5 nitrogen and oxygen atoms in total. The first kappa shape index (κ1) is 16.2. The van der Waals surface area contributed by atoms with E-state index in [-0.39, 0.29) is 6.10 Å². The van der Waals surface area contributed by atoms with Crippen LogP contribution in [0.1, 0.15) is 32.1 Å². The summed E-state index contributed by atoms with van der Waals surface area (Å²) in [6.07, 6.45) is 6.54. The predicted octanol–water partition coefficient (Wildman–Crippen LogP) is 1.36. The van der Waals surface area contributed by atoms with Crippen LogP contribution in [-0.2, 0) is 18.9 Å². The zero-order valence-electron chi connectivity index (χ0n) is 12.6. The number of ether oxygens (including phenoxy) is 4. The molecule has 0 aromatic rings. The normalized spacial score (nSPS) is 26.2. The standard InChI is InChI=1S/C15H29NO4/c1-17-7-2-8-18-9-10-19-12-15-6-5-14(20-15)11-16-13-3-4-13/h13-16H,2-12H2,1H3. The first-order valence-electron chi connectivity index (χ1n) is 7.91. The summed E-state index contributed by atoms with van der Waals surface area (Å²) >= 11 is 0. The maximum absolute atomic E-state index is 5.95. The van der Waals surface area contributed by atoms with E-state index in [9.17, 15) is 0 Å². The van der Waals surface area contributed by atoms with Gasteiger partial charge in [0, 0.05) is 32.9 Å². The predicted molar refractivity (Wildman–Crippen MR) is 77.1 cm³/mol. The summed E-state index contributed by atoms with van der Waals surface area (Å²) in [5, 5.41) is 3.52. The zero-order chi connectivity index (χ0) is 14.0. The minimum atomic E-state index is 0.273. The van der Waals surface area contributed by atoms with Gasteiger partial charge in [-0.2, -0.15) is 0 Å². The monoisotopic (exact) mass is 287 g/mol. The highest BCUT2D eigenvalue weighted by Crippen LogP contribution is 2.22. The second-order valence-corrected chi connectivity index (χ2v) is 5.67. The molecule has 0 bridgehead atoms. The van der Waals surface area contributed by atoms with Crippen molar-refractivity contribution in [1.29, 1.82) is 0 Å². The molecule has 2 rings (SSSR count). The lowest BCUT2D eigenvalue weighted by Gasteiger charge is -2.14. The number of nitrogens with one attached hydrogen (secondary N) is 1. The van der Waals surface area contributed by atoms with Crippen LogP contribution in [0.15, 0.2) is 0 Å². The van der Waals surface area contributed by atoms with Crippen molar-refractivity contribution in [2.75, 3.05) is 46.7 Å². The lowest BCUT2D eigenvalue weighted by molar-refractivity contribution is -0.0294. The van der Waals surface area contributed by atoms with Gasteiger partial charge in [0.05, 0.1) is 32.0 Å². The summed E-state index contributed by atoms with van der Waals surface area (Å²) in [4.78, 5) is 0. The van der Waals surface area contributed by atoms with Gasteiger partial charge in [0.2, 0.25) is 0 Å². The topological polar surface area (TPSA) is 49.0 Å². The Kier molecular flexibility index (Phi) is 7.83. The molecular weight excluding hydrogens is 258 g/mol. The lowest BCUT2D eigenvalue weighted by atomic mass is 10.2. The van der Waals surface area contributed by atoms with Crippen molar-refractivity contribution >= 4 is 0 Å². The van der Waals surface area contributed by atoms with Crippen LogP contribution in [0.3, 0.4) is 0 Å². The van der Waals surface area contributed by atoms with E-state index in [1.807, 2.05) is 0 Å². The van der Waals surface area contributed by atoms with Crippen LogP contribution in [-0.4, -0.2) is 64.9 Å². The van der Waals surface area contributed by atoms with Crippen LogP contribution in [0, 0.1) is 0 Å². The van der Waals surface area contributed by atoms with Gasteiger partial charge in [-0.15, -0.1) is 0 Å². The molecule has 1 saturated heterocycles. The van der Waals surface area contributed by atoms with Crippen LogP contribution in [0.2, 0.25) is 0 Å². The Morgan fingerprint density at radius 3 is 2.55 bits per heavy atom. The maximum Gasteiger partial charge on any atom is 0.0813 e. The summed E-state index contributed by atoms with van der Waals surface area (Å²) in [7, 11) is 1.71. The molecule has 0 amide bonds. The highest BCUT2D eigenvalue weighted by Gasteiger charge is 2.27. The first-order chi connectivity index (χ1) is 9.88. The van der Waals surface area contributed by atoms with Crippen LogP contribution >= 0.6 is 0 Å². The summed E-state index contributed by atoms with van der Waals surface area (Å²) in [5.41, 5.74) is 0. The van der Waals surface area contributed by atoms with Crippen molar-refractivity contribution in [2.45, 2.75) is 50.4 Å². The number of rotatable bonds is 12. The number of hydrogen-bond acceptors (Lipinski definition) is 5. The largest absolute Gasteiger partial charge is 0.385 e. The molecule has 1 heterocycles. The van der Waals surface area contributed by atoms with Crippen LogP contribution in [0.4, 0.5) is 0 Å². The smallest absolute Gasteiger partial charge is 0.0813 e. The van der Waals surface area contributed by atoms with Crippen molar-refractivity contribution in [1.82, 2.24) is 5.32 Å². The van der Waals surface area contributed by atoms with Crippen molar-refractivity contribution in [3.63, 3.8) is 0 Å². The average molecular weight is 287 g/mol. The number of methoxy groups -OCH3 is 1. The average Bonchev–Trinajstić information content (AvgIpc) is 3.18. The molecule has 0 aromatic carbocycles. The van der Waals surface area contributed by atoms with Crippen molar-refractivity contribution in [3.8, 4) is 0 Å². The molecule has 1 aliphatic heterocycles. The molecule has 2 aliphatic rings. The van der Waals surface area contributed by atoms with E-state index in [1.54, 1.807) is 7.11 Å². The van der Waals surface area contributed by atoms with Crippen molar-refractivity contribution in [2.24, 2.45) is 0 Å². The molecule has 0 aromatic heterocycles. The Morgan fingerprint density at radius 2 is 1.75 bits per heavy atom. The Hall–Kier alpha value is -0.200. The molecule has 20 heavy (non-hydrogen) atoms. The fourth-order valence-corrected chi connectivity index (χ4v) is 2.38. The van der Waals surface area contributed by atoms with E-state index in [0.717, 1.165) is 45.1 Å². The Morgan fingerprint density at radius 1 is 0.950 bits per heavy atom. The van der Waals surface area contributed by atoms with Gasteiger partial charge in [-0.05, 0) is 32.1 Å². The van der Waals surface area contributed by atoms with Crippen molar-refractivity contribution in [3.05, 3.63) is 0 Å². The Labute approximate surface area is 122 Å². The van der Waals surface area contributed by atoms with Gasteiger partial charge in [-0.3, -0.25) is 0 Å². The molecule has 2 unspecified atom stereocenters. The van der Waals surface area contributed by atoms with E-state index >= 15 is 0 Å². The van der Waals surface area contributed by atoms with Crippen LogP contribution < -0.4 is 5.32 Å². The van der Waals surface area contributed by atoms with Gasteiger partial charge in [0.1, 0.15) is 0 Å². The Balaban J connectivity index is 1.36. The van der Waals surface area contributed by atoms with Crippen LogP contribution in [0.5, 0.6) is 0 Å². The molecule has 1 aliphatic carbocycles. The summed E-state index contributed by atoms with van der Waals surface area (Å²) < 4.78 is 22.0.